The van der Waals surface area contributed by atoms with Crippen LogP contribution in [-0.2, 0) is 16.6 Å². The van der Waals surface area contributed by atoms with Crippen molar-refractivity contribution in [1.82, 2.24) is 13.9 Å². The third-order valence-electron chi connectivity index (χ3n) is 4.31. The van der Waals surface area contributed by atoms with Gasteiger partial charge in [0.15, 0.2) is 0 Å². The van der Waals surface area contributed by atoms with Gasteiger partial charge in [-0.15, -0.1) is 0 Å². The Kier molecular flexibility index (Phi) is 3.81. The molecule has 5 nitrogen and oxygen atoms in total. The van der Waals surface area contributed by atoms with Crippen molar-refractivity contribution in [3.05, 3.63) is 35.4 Å². The lowest BCUT2D eigenvalue weighted by atomic mass is 10.1. The average Bonchev–Trinajstić information content (AvgIpc) is 2.91. The summed E-state index contributed by atoms with van der Waals surface area (Å²) in [6.07, 6.45) is 1.84. The summed E-state index contributed by atoms with van der Waals surface area (Å²) in [5.41, 5.74) is 2.44. The molecule has 0 aromatic heterocycles. The van der Waals surface area contributed by atoms with E-state index in [0.717, 1.165) is 31.5 Å². The van der Waals surface area contributed by atoms with Crippen molar-refractivity contribution in [2.75, 3.05) is 33.2 Å². The summed E-state index contributed by atoms with van der Waals surface area (Å²) in [5, 5.41) is 3.19. The third-order valence-corrected chi connectivity index (χ3v) is 6.31. The Morgan fingerprint density at radius 1 is 1.25 bits per heavy atom. The van der Waals surface area contributed by atoms with Crippen LogP contribution in [0.5, 0.6) is 0 Å². The lowest BCUT2D eigenvalue weighted by molar-refractivity contribution is 0.298. The largest absolute Gasteiger partial charge is 0.314 e. The van der Waals surface area contributed by atoms with E-state index >= 15 is 0 Å². The molecule has 0 saturated carbocycles. The molecule has 1 unspecified atom stereocenters. The Morgan fingerprint density at radius 2 is 1.95 bits per heavy atom. The van der Waals surface area contributed by atoms with Gasteiger partial charge in [-0.3, -0.25) is 0 Å². The number of rotatable bonds is 3. The van der Waals surface area contributed by atoms with E-state index in [-0.39, 0.29) is 6.04 Å². The van der Waals surface area contributed by atoms with Crippen molar-refractivity contribution in [1.29, 1.82) is 0 Å². The molecule has 6 heteroatoms. The lowest BCUT2D eigenvalue weighted by Gasteiger charge is -2.33. The van der Waals surface area contributed by atoms with Crippen LogP contribution in [0.1, 0.15) is 23.6 Å². The molecule has 110 valence electrons. The van der Waals surface area contributed by atoms with Crippen LogP contribution in [0, 0.1) is 0 Å². The highest BCUT2D eigenvalue weighted by Gasteiger charge is 2.36. The summed E-state index contributed by atoms with van der Waals surface area (Å²) < 4.78 is 28.6. The van der Waals surface area contributed by atoms with E-state index in [0.29, 0.717) is 13.1 Å². The highest BCUT2D eigenvalue weighted by Crippen LogP contribution is 2.36. The molecule has 20 heavy (non-hydrogen) atoms. The topological polar surface area (TPSA) is 52.7 Å². The number of hydrogen-bond donors (Lipinski definition) is 1. The Balaban J connectivity index is 1.84. The maximum atomic E-state index is 12.7. The van der Waals surface area contributed by atoms with Crippen LogP contribution in [-0.4, -0.2) is 50.3 Å². The quantitative estimate of drug-likeness (QED) is 0.895. The maximum absolute atomic E-state index is 12.7. The van der Waals surface area contributed by atoms with Gasteiger partial charge in [0, 0.05) is 33.2 Å². The normalized spacial score (nSPS) is 24.0. The number of nitrogens with zero attached hydrogens (tertiary/aromatic N) is 2. The number of hydrogen-bond acceptors (Lipinski definition) is 3. The highest BCUT2D eigenvalue weighted by atomic mass is 32.2. The van der Waals surface area contributed by atoms with E-state index in [1.54, 1.807) is 15.7 Å². The van der Waals surface area contributed by atoms with E-state index in [1.807, 2.05) is 12.1 Å². The summed E-state index contributed by atoms with van der Waals surface area (Å²) in [7, 11) is -1.65. The molecule has 1 aromatic rings. The SMILES string of the molecule is CN(C1CCc2ccccc21)S(=O)(=O)N1CCNCC1. The van der Waals surface area contributed by atoms with Crippen LogP contribution >= 0.6 is 0 Å². The van der Waals surface area contributed by atoms with Crippen molar-refractivity contribution in [3.63, 3.8) is 0 Å². The van der Waals surface area contributed by atoms with Gasteiger partial charge in [-0.2, -0.15) is 17.0 Å². The number of piperazine rings is 1. The molecular formula is C14H21N3O2S. The van der Waals surface area contributed by atoms with Gasteiger partial charge in [0.2, 0.25) is 0 Å². The fourth-order valence-corrected chi connectivity index (χ4v) is 4.68. The van der Waals surface area contributed by atoms with E-state index in [2.05, 4.69) is 17.4 Å². The van der Waals surface area contributed by atoms with E-state index in [1.165, 1.54) is 5.56 Å². The van der Waals surface area contributed by atoms with Crippen LogP contribution in [0.3, 0.4) is 0 Å². The molecule has 0 radical (unpaired) electrons. The van der Waals surface area contributed by atoms with Gasteiger partial charge in [0.25, 0.3) is 10.2 Å². The predicted octanol–water partition coefficient (Wildman–Crippen LogP) is 0.756. The first-order valence-electron chi connectivity index (χ1n) is 7.12. The van der Waals surface area contributed by atoms with Gasteiger partial charge in [0.1, 0.15) is 0 Å². The summed E-state index contributed by atoms with van der Waals surface area (Å²) in [6, 6.07) is 8.14. The molecule has 1 aliphatic heterocycles. The van der Waals surface area contributed by atoms with Crippen LogP contribution in [0.2, 0.25) is 0 Å². The zero-order valence-electron chi connectivity index (χ0n) is 11.7. The molecule has 1 aliphatic carbocycles. The van der Waals surface area contributed by atoms with Gasteiger partial charge < -0.3 is 5.32 Å². The zero-order chi connectivity index (χ0) is 14.2. The Bertz CT molecular complexity index is 582. The van der Waals surface area contributed by atoms with E-state index in [9.17, 15) is 8.42 Å². The van der Waals surface area contributed by atoms with Crippen molar-refractivity contribution in [3.8, 4) is 0 Å². The lowest BCUT2D eigenvalue weighted by Crippen LogP contribution is -2.51. The van der Waals surface area contributed by atoms with Crippen LogP contribution in [0.15, 0.2) is 24.3 Å². The summed E-state index contributed by atoms with van der Waals surface area (Å²) in [4.78, 5) is 0. The minimum absolute atomic E-state index is 0.0221. The minimum atomic E-state index is -3.36. The van der Waals surface area contributed by atoms with Crippen LogP contribution in [0.4, 0.5) is 0 Å². The first-order chi connectivity index (χ1) is 9.60. The molecule has 0 amide bonds. The molecule has 3 rings (SSSR count). The second-order valence-corrected chi connectivity index (χ2v) is 7.41. The molecular weight excluding hydrogens is 274 g/mol. The van der Waals surface area contributed by atoms with E-state index in [4.69, 9.17) is 0 Å². The first-order valence-corrected chi connectivity index (χ1v) is 8.52. The Morgan fingerprint density at radius 3 is 2.70 bits per heavy atom. The number of aryl methyl sites for hydroxylation is 1. The smallest absolute Gasteiger partial charge is 0.282 e. The second kappa shape index (κ2) is 5.44. The van der Waals surface area contributed by atoms with Gasteiger partial charge in [-0.25, -0.2) is 0 Å². The van der Waals surface area contributed by atoms with Gasteiger partial charge in [-0.1, -0.05) is 24.3 Å². The van der Waals surface area contributed by atoms with Gasteiger partial charge in [-0.05, 0) is 24.0 Å². The summed E-state index contributed by atoms with van der Waals surface area (Å²) in [6.45, 7) is 2.57. The fraction of sp³-hybridized carbons (Fsp3) is 0.571. The molecule has 0 bridgehead atoms. The predicted molar refractivity (Wildman–Crippen MR) is 78.6 cm³/mol. The number of benzene rings is 1. The van der Waals surface area contributed by atoms with Crippen LogP contribution < -0.4 is 5.32 Å². The average molecular weight is 295 g/mol. The molecule has 1 heterocycles. The highest BCUT2D eigenvalue weighted by molar-refractivity contribution is 7.86. The molecule has 1 aromatic carbocycles. The second-order valence-electron chi connectivity index (χ2n) is 5.43. The van der Waals surface area contributed by atoms with Gasteiger partial charge >= 0.3 is 0 Å². The monoisotopic (exact) mass is 295 g/mol. The zero-order valence-corrected chi connectivity index (χ0v) is 12.6. The molecule has 0 spiro atoms. The maximum Gasteiger partial charge on any atom is 0.282 e. The van der Waals surface area contributed by atoms with Crippen molar-refractivity contribution in [2.24, 2.45) is 0 Å². The molecule has 1 fully saturated rings. The van der Waals surface area contributed by atoms with E-state index < -0.39 is 10.2 Å². The summed E-state index contributed by atoms with van der Waals surface area (Å²) >= 11 is 0. The molecule has 2 aliphatic rings. The fourth-order valence-electron chi connectivity index (χ4n) is 3.13. The third kappa shape index (κ3) is 2.37. The molecule has 1 N–H and O–H groups in total. The van der Waals surface area contributed by atoms with Crippen molar-refractivity contribution >= 4 is 10.2 Å². The Labute approximate surface area is 120 Å². The summed E-state index contributed by atoms with van der Waals surface area (Å²) in [5.74, 6) is 0. The van der Waals surface area contributed by atoms with Gasteiger partial charge in [0.05, 0.1) is 6.04 Å². The molecule has 1 atom stereocenters. The standard InChI is InChI=1S/C14H21N3O2S/c1-16(20(18,19)17-10-8-15-9-11-17)14-7-6-12-4-2-3-5-13(12)14/h2-5,14-15H,6-11H2,1H3. The minimum Gasteiger partial charge on any atom is -0.314 e. The number of fused-ring (bicyclic) bond motifs is 1. The Hall–Kier alpha value is -0.950. The van der Waals surface area contributed by atoms with Crippen molar-refractivity contribution in [2.45, 2.75) is 18.9 Å². The molecule has 1 saturated heterocycles. The number of nitrogens with one attached hydrogen (secondary N) is 1. The first kappa shape index (κ1) is 14.0. The van der Waals surface area contributed by atoms with Crippen molar-refractivity contribution < 1.29 is 8.42 Å². The van der Waals surface area contributed by atoms with Crippen LogP contribution in [0.25, 0.3) is 0 Å².